The maximum atomic E-state index is 13.5. The van der Waals surface area contributed by atoms with Gasteiger partial charge in [0.05, 0.1) is 12.1 Å². The van der Waals surface area contributed by atoms with Crippen LogP contribution in [0.5, 0.6) is 0 Å². The van der Waals surface area contributed by atoms with Gasteiger partial charge in [-0.2, -0.15) is 0 Å². The zero-order chi connectivity index (χ0) is 25.1. The summed E-state index contributed by atoms with van der Waals surface area (Å²) in [5.74, 6) is -0.184. The van der Waals surface area contributed by atoms with E-state index in [1.807, 2.05) is 38.1 Å². The predicted molar refractivity (Wildman–Crippen MR) is 128 cm³/mol. The van der Waals surface area contributed by atoms with E-state index in [1.54, 1.807) is 20.8 Å². The summed E-state index contributed by atoms with van der Waals surface area (Å²) in [6, 6.07) is 7.00. The third-order valence-corrected chi connectivity index (χ3v) is 10.5. The quantitative estimate of drug-likeness (QED) is 0.654. The Hall–Kier alpha value is -1.97. The number of rotatable bonds is 5. The third kappa shape index (κ3) is 3.95. The Balaban J connectivity index is 1.55. The highest BCUT2D eigenvalue weighted by Gasteiger charge is 2.70. The lowest BCUT2D eigenvalue weighted by atomic mass is 9.81. The van der Waals surface area contributed by atoms with Crippen LogP contribution in [0.15, 0.2) is 24.3 Å². The summed E-state index contributed by atoms with van der Waals surface area (Å²) in [6.07, 6.45) is -0.0794. The number of sulfonamides is 1. The van der Waals surface area contributed by atoms with E-state index < -0.39 is 44.0 Å². The number of nitrogens with zero attached hydrogens (tertiary/aromatic N) is 1. The molecular weight excluding hydrogens is 456 g/mol. The molecule has 3 aliphatic rings. The van der Waals surface area contributed by atoms with Gasteiger partial charge in [0.25, 0.3) is 0 Å². The molecular formula is C25H36N2O6S. The molecule has 2 unspecified atom stereocenters. The molecule has 1 aliphatic heterocycles. The van der Waals surface area contributed by atoms with Gasteiger partial charge in [0, 0.05) is 19.5 Å². The van der Waals surface area contributed by atoms with E-state index in [0.29, 0.717) is 19.3 Å². The number of nitrogens with one attached hydrogen (secondary N) is 1. The van der Waals surface area contributed by atoms with Crippen molar-refractivity contribution in [2.45, 2.75) is 89.3 Å². The second-order valence-electron chi connectivity index (χ2n) is 11.5. The molecule has 1 amide bonds. The molecule has 4 rings (SSSR count). The Kier molecular flexibility index (Phi) is 6.14. The molecule has 188 valence electrons. The zero-order valence-corrected chi connectivity index (χ0v) is 21.4. The van der Waals surface area contributed by atoms with Crippen molar-refractivity contribution < 1.29 is 27.9 Å². The van der Waals surface area contributed by atoms with Gasteiger partial charge in [-0.05, 0) is 62.5 Å². The number of aliphatic hydroxyl groups excluding tert-OH is 1. The predicted octanol–water partition coefficient (Wildman–Crippen LogP) is 2.78. The number of amides is 1. The summed E-state index contributed by atoms with van der Waals surface area (Å²) in [5, 5.41) is 11.1. The molecule has 1 aromatic carbocycles. The van der Waals surface area contributed by atoms with Crippen LogP contribution in [-0.4, -0.2) is 59.3 Å². The normalized spacial score (nSPS) is 29.1. The molecule has 4 atom stereocenters. The molecule has 0 aromatic heterocycles. The molecule has 2 bridgehead atoms. The van der Waals surface area contributed by atoms with Crippen LogP contribution in [0.2, 0.25) is 0 Å². The van der Waals surface area contributed by atoms with Gasteiger partial charge in [-0.15, -0.1) is 0 Å². The molecule has 2 saturated carbocycles. The molecule has 2 fully saturated rings. The summed E-state index contributed by atoms with van der Waals surface area (Å²) in [7, 11) is -4.04. The number of hydrogen-bond donors (Lipinski definition) is 2. The van der Waals surface area contributed by atoms with Crippen LogP contribution >= 0.6 is 0 Å². The van der Waals surface area contributed by atoms with Crippen molar-refractivity contribution >= 4 is 21.9 Å². The molecule has 2 N–H and O–H groups in total. The Morgan fingerprint density at radius 1 is 1.24 bits per heavy atom. The van der Waals surface area contributed by atoms with Crippen molar-refractivity contribution in [2.75, 3.05) is 6.54 Å². The number of aliphatic hydroxyl groups is 1. The number of hydrogen-bond acceptors (Lipinski definition) is 6. The average molecular weight is 493 g/mol. The highest BCUT2D eigenvalue weighted by atomic mass is 32.2. The van der Waals surface area contributed by atoms with Gasteiger partial charge in [-0.1, -0.05) is 38.1 Å². The van der Waals surface area contributed by atoms with Crippen LogP contribution in [0.4, 0.5) is 4.79 Å². The maximum absolute atomic E-state index is 13.5. The van der Waals surface area contributed by atoms with Gasteiger partial charge in [0.2, 0.25) is 10.0 Å². The number of ketones is 1. The van der Waals surface area contributed by atoms with Crippen molar-refractivity contribution in [3.8, 4) is 0 Å². The van der Waals surface area contributed by atoms with Crippen LogP contribution in [0.1, 0.15) is 65.0 Å². The molecule has 2 aliphatic carbocycles. The number of fused-ring (bicyclic) bond motifs is 3. The third-order valence-electron chi connectivity index (χ3n) is 8.09. The minimum atomic E-state index is -4.04. The van der Waals surface area contributed by atoms with Gasteiger partial charge in [0.1, 0.15) is 10.3 Å². The van der Waals surface area contributed by atoms with E-state index in [9.17, 15) is 23.1 Å². The smallest absolute Gasteiger partial charge is 0.410 e. The zero-order valence-electron chi connectivity index (χ0n) is 20.6. The molecule has 34 heavy (non-hydrogen) atoms. The SMILES string of the molecule is CC(C)(C)OC(=O)N1Cc2ccccc2C[C@H]1[C@H](O)CNS(=O)(=O)C12CCC(CC1=O)C2(C)C. The number of ether oxygens (including phenoxy) is 1. The Labute approximate surface area is 202 Å². The Bertz CT molecular complexity index is 1090. The monoisotopic (exact) mass is 492 g/mol. The lowest BCUT2D eigenvalue weighted by molar-refractivity contribution is -0.121. The summed E-state index contributed by atoms with van der Waals surface area (Å²) in [6.45, 7) is 9.01. The first-order valence-corrected chi connectivity index (χ1v) is 13.4. The minimum absolute atomic E-state index is 0.0546. The van der Waals surface area contributed by atoms with E-state index in [2.05, 4.69) is 4.72 Å². The fraction of sp³-hybridized carbons (Fsp3) is 0.680. The first-order chi connectivity index (χ1) is 15.7. The lowest BCUT2D eigenvalue weighted by Gasteiger charge is -2.40. The van der Waals surface area contributed by atoms with Crippen LogP contribution in [-0.2, 0) is 32.5 Å². The minimum Gasteiger partial charge on any atom is -0.444 e. The fourth-order valence-corrected chi connectivity index (χ4v) is 8.40. The largest absolute Gasteiger partial charge is 0.444 e. The van der Waals surface area contributed by atoms with Crippen LogP contribution in [0.3, 0.4) is 0 Å². The van der Waals surface area contributed by atoms with Gasteiger partial charge < -0.3 is 9.84 Å². The molecule has 1 heterocycles. The van der Waals surface area contributed by atoms with Crippen molar-refractivity contribution in [3.63, 3.8) is 0 Å². The van der Waals surface area contributed by atoms with Crippen molar-refractivity contribution in [3.05, 3.63) is 35.4 Å². The van der Waals surface area contributed by atoms with Gasteiger partial charge in [-0.25, -0.2) is 17.9 Å². The summed E-state index contributed by atoms with van der Waals surface area (Å²) in [5.41, 5.74) is 0.593. The second kappa shape index (κ2) is 8.31. The summed E-state index contributed by atoms with van der Waals surface area (Å²) >= 11 is 0. The number of carbonyl (C=O) groups is 2. The number of benzene rings is 1. The summed E-state index contributed by atoms with van der Waals surface area (Å²) < 4.78 is 33.6. The Morgan fingerprint density at radius 2 is 1.88 bits per heavy atom. The van der Waals surface area contributed by atoms with E-state index in [0.717, 1.165) is 11.1 Å². The van der Waals surface area contributed by atoms with Crippen molar-refractivity contribution in [2.24, 2.45) is 11.3 Å². The first-order valence-electron chi connectivity index (χ1n) is 12.0. The highest BCUT2D eigenvalue weighted by Crippen LogP contribution is 2.61. The standard InChI is InChI=1S/C25H36N2O6S/c1-23(2,3)33-22(30)27-15-17-9-7-6-8-16(17)12-19(27)20(28)14-26-34(31,32)25-11-10-18(13-21(25)29)24(25,4)5/h6-9,18-20,26,28H,10-15H2,1-5H3/t18?,19-,20+,25?/m0/s1. The molecule has 0 spiro atoms. The van der Waals surface area contributed by atoms with Gasteiger partial charge in [0.15, 0.2) is 5.78 Å². The summed E-state index contributed by atoms with van der Waals surface area (Å²) in [4.78, 5) is 27.3. The molecule has 0 saturated heterocycles. The van der Waals surface area contributed by atoms with Crippen molar-refractivity contribution in [1.82, 2.24) is 9.62 Å². The highest BCUT2D eigenvalue weighted by molar-refractivity contribution is 7.91. The van der Waals surface area contributed by atoms with E-state index in [4.69, 9.17) is 4.74 Å². The fourth-order valence-electron chi connectivity index (χ4n) is 6.13. The lowest BCUT2D eigenvalue weighted by Crippen LogP contribution is -2.58. The van der Waals surface area contributed by atoms with E-state index >= 15 is 0 Å². The van der Waals surface area contributed by atoms with Crippen LogP contribution in [0.25, 0.3) is 0 Å². The van der Waals surface area contributed by atoms with Crippen molar-refractivity contribution in [1.29, 1.82) is 0 Å². The average Bonchev–Trinajstić information content (AvgIpc) is 3.12. The van der Waals surface area contributed by atoms with E-state index in [1.165, 1.54) is 4.90 Å². The first kappa shape index (κ1) is 25.1. The molecule has 1 aromatic rings. The number of carbonyl (C=O) groups excluding carboxylic acids is 2. The van der Waals surface area contributed by atoms with Gasteiger partial charge in [-0.3, -0.25) is 9.69 Å². The molecule has 8 nitrogen and oxygen atoms in total. The number of Topliss-reactive ketones (excluding diaryl/α,β-unsaturated/α-hetero) is 1. The Morgan fingerprint density at radius 3 is 2.44 bits per heavy atom. The van der Waals surface area contributed by atoms with Gasteiger partial charge >= 0.3 is 6.09 Å². The molecule has 0 radical (unpaired) electrons. The second-order valence-corrected chi connectivity index (χ2v) is 13.5. The van der Waals surface area contributed by atoms with E-state index in [-0.39, 0.29) is 31.2 Å². The topological polar surface area (TPSA) is 113 Å². The van der Waals surface area contributed by atoms with Crippen LogP contribution < -0.4 is 4.72 Å². The maximum Gasteiger partial charge on any atom is 0.410 e. The molecule has 9 heteroatoms. The van der Waals surface area contributed by atoms with Crippen LogP contribution in [0, 0.1) is 11.3 Å².